The van der Waals surface area contributed by atoms with E-state index in [4.69, 9.17) is 9.52 Å². The van der Waals surface area contributed by atoms with Gasteiger partial charge >= 0.3 is 5.97 Å². The summed E-state index contributed by atoms with van der Waals surface area (Å²) in [4.78, 5) is 10.8. The van der Waals surface area contributed by atoms with Crippen LogP contribution in [0.3, 0.4) is 0 Å². The maximum absolute atomic E-state index is 12.2. The van der Waals surface area contributed by atoms with Gasteiger partial charge in [0.05, 0.1) is 6.26 Å². The highest BCUT2D eigenvalue weighted by Crippen LogP contribution is 2.14. The van der Waals surface area contributed by atoms with Crippen LogP contribution in [-0.4, -0.2) is 25.5 Å². The molecule has 0 saturated carbocycles. The van der Waals surface area contributed by atoms with E-state index in [2.05, 4.69) is 4.72 Å². The fourth-order valence-corrected chi connectivity index (χ4v) is 3.29. The first-order valence-corrected chi connectivity index (χ1v) is 8.27. The van der Waals surface area contributed by atoms with Crippen LogP contribution in [0.1, 0.15) is 18.4 Å². The lowest BCUT2D eigenvalue weighted by Gasteiger charge is -2.17. The molecule has 0 spiro atoms. The Morgan fingerprint density at radius 3 is 2.50 bits per heavy atom. The van der Waals surface area contributed by atoms with Gasteiger partial charge < -0.3 is 9.52 Å². The Labute approximate surface area is 128 Å². The molecule has 7 heteroatoms. The first kappa shape index (κ1) is 16.3. The van der Waals surface area contributed by atoms with Crippen molar-refractivity contribution < 1.29 is 22.7 Å². The molecule has 22 heavy (non-hydrogen) atoms. The molecule has 1 atom stereocenters. The Morgan fingerprint density at radius 2 is 1.91 bits per heavy atom. The molecule has 0 bridgehead atoms. The first-order valence-electron chi connectivity index (χ1n) is 6.79. The van der Waals surface area contributed by atoms with E-state index in [1.165, 1.54) is 18.4 Å². The van der Waals surface area contributed by atoms with Gasteiger partial charge in [-0.2, -0.15) is 0 Å². The smallest absolute Gasteiger partial charge is 0.303 e. The fraction of sp³-hybridized carbons (Fsp3) is 0.267. The Bertz CT molecular complexity index is 695. The average Bonchev–Trinajstić information content (AvgIpc) is 3.00. The highest BCUT2D eigenvalue weighted by Gasteiger charge is 2.23. The van der Waals surface area contributed by atoms with Crippen molar-refractivity contribution in [3.05, 3.63) is 54.3 Å². The number of nitrogens with one attached hydrogen (secondary N) is 1. The highest BCUT2D eigenvalue weighted by molar-refractivity contribution is 7.89. The van der Waals surface area contributed by atoms with Crippen molar-refractivity contribution in [3.63, 3.8) is 0 Å². The summed E-state index contributed by atoms with van der Waals surface area (Å²) in [6, 6.07) is 11.6. The number of aliphatic carboxylic acids is 1. The van der Waals surface area contributed by atoms with Crippen molar-refractivity contribution >= 4 is 16.0 Å². The number of carboxylic acid groups (broad SMARTS) is 1. The maximum Gasteiger partial charge on any atom is 0.303 e. The number of rotatable bonds is 8. The second kappa shape index (κ2) is 7.24. The summed E-state index contributed by atoms with van der Waals surface area (Å²) < 4.78 is 31.8. The third kappa shape index (κ3) is 4.71. The molecule has 0 radical (unpaired) electrons. The molecule has 1 aromatic heterocycles. The van der Waals surface area contributed by atoms with Crippen LogP contribution in [0.5, 0.6) is 0 Å². The number of carboxylic acids is 1. The molecular weight excluding hydrogens is 306 g/mol. The average molecular weight is 323 g/mol. The molecule has 1 heterocycles. The van der Waals surface area contributed by atoms with Crippen molar-refractivity contribution in [1.29, 1.82) is 0 Å². The minimum atomic E-state index is -3.79. The normalized spacial score (nSPS) is 12.9. The van der Waals surface area contributed by atoms with E-state index in [0.29, 0.717) is 6.42 Å². The van der Waals surface area contributed by atoms with Crippen LogP contribution < -0.4 is 4.72 Å². The van der Waals surface area contributed by atoms with Gasteiger partial charge in [0.2, 0.25) is 5.09 Å². The van der Waals surface area contributed by atoms with E-state index in [1.807, 2.05) is 30.3 Å². The monoisotopic (exact) mass is 323 g/mol. The SMILES string of the molecule is O=C(O)CCC(Cc1ccccc1)NS(=O)(=O)c1ccco1. The van der Waals surface area contributed by atoms with Crippen LogP contribution in [0.15, 0.2) is 58.2 Å². The molecule has 0 saturated heterocycles. The van der Waals surface area contributed by atoms with Gasteiger partial charge in [0.1, 0.15) is 0 Å². The predicted octanol–water partition coefficient (Wildman–Crippen LogP) is 2.03. The van der Waals surface area contributed by atoms with Crippen LogP contribution in [0.4, 0.5) is 0 Å². The summed E-state index contributed by atoms with van der Waals surface area (Å²) in [6.07, 6.45) is 1.77. The fourth-order valence-electron chi connectivity index (χ4n) is 2.09. The number of hydrogen-bond donors (Lipinski definition) is 2. The summed E-state index contributed by atoms with van der Waals surface area (Å²) >= 11 is 0. The Hall–Kier alpha value is -2.12. The van der Waals surface area contributed by atoms with E-state index >= 15 is 0 Å². The summed E-state index contributed by atoms with van der Waals surface area (Å²) in [5, 5.41) is 8.64. The number of furan rings is 1. The molecule has 118 valence electrons. The molecule has 2 N–H and O–H groups in total. The van der Waals surface area contributed by atoms with Crippen molar-refractivity contribution in [1.82, 2.24) is 4.72 Å². The number of sulfonamides is 1. The Balaban J connectivity index is 2.12. The van der Waals surface area contributed by atoms with E-state index < -0.39 is 22.0 Å². The van der Waals surface area contributed by atoms with E-state index in [-0.39, 0.29) is 17.9 Å². The van der Waals surface area contributed by atoms with Crippen LogP contribution in [0, 0.1) is 0 Å². The lowest BCUT2D eigenvalue weighted by molar-refractivity contribution is -0.137. The maximum atomic E-state index is 12.2. The van der Waals surface area contributed by atoms with Crippen LogP contribution in [0.2, 0.25) is 0 Å². The molecule has 0 amide bonds. The second-order valence-corrected chi connectivity index (χ2v) is 6.52. The molecule has 0 aliphatic heterocycles. The summed E-state index contributed by atoms with van der Waals surface area (Å²) in [6.45, 7) is 0. The van der Waals surface area contributed by atoms with E-state index in [9.17, 15) is 13.2 Å². The summed E-state index contributed by atoms with van der Waals surface area (Å²) in [5.74, 6) is -0.963. The summed E-state index contributed by atoms with van der Waals surface area (Å²) in [5.41, 5.74) is 0.931. The molecule has 0 fully saturated rings. The zero-order chi connectivity index (χ0) is 16.0. The first-order chi connectivity index (χ1) is 10.5. The molecule has 2 aromatic rings. The quantitative estimate of drug-likeness (QED) is 0.775. The van der Waals surface area contributed by atoms with Crippen LogP contribution >= 0.6 is 0 Å². The largest absolute Gasteiger partial charge is 0.481 e. The van der Waals surface area contributed by atoms with Gasteiger partial charge in [0, 0.05) is 12.5 Å². The lowest BCUT2D eigenvalue weighted by atomic mass is 10.0. The van der Waals surface area contributed by atoms with Gasteiger partial charge in [0.25, 0.3) is 10.0 Å². The molecular formula is C15H17NO5S. The van der Waals surface area contributed by atoms with Crippen molar-refractivity contribution in [2.24, 2.45) is 0 Å². The van der Waals surface area contributed by atoms with Gasteiger partial charge in [-0.25, -0.2) is 13.1 Å². The standard InChI is InChI=1S/C15H17NO5S/c17-14(18)9-8-13(11-12-5-2-1-3-6-12)16-22(19,20)15-7-4-10-21-15/h1-7,10,13,16H,8-9,11H2,(H,17,18). The highest BCUT2D eigenvalue weighted by atomic mass is 32.2. The van der Waals surface area contributed by atoms with Gasteiger partial charge in [-0.05, 0) is 30.5 Å². The van der Waals surface area contributed by atoms with E-state index in [1.54, 1.807) is 0 Å². The number of benzene rings is 1. The van der Waals surface area contributed by atoms with Crippen LogP contribution in [0.25, 0.3) is 0 Å². The minimum absolute atomic E-state index is 0.113. The van der Waals surface area contributed by atoms with Gasteiger partial charge in [-0.3, -0.25) is 4.79 Å². The Morgan fingerprint density at radius 1 is 1.18 bits per heavy atom. The van der Waals surface area contributed by atoms with Crippen molar-refractivity contribution in [2.45, 2.75) is 30.4 Å². The topological polar surface area (TPSA) is 96.6 Å². The van der Waals surface area contributed by atoms with Gasteiger partial charge in [-0.15, -0.1) is 0 Å². The third-order valence-electron chi connectivity index (χ3n) is 3.11. The minimum Gasteiger partial charge on any atom is -0.481 e. The molecule has 1 unspecified atom stereocenters. The summed E-state index contributed by atoms with van der Waals surface area (Å²) in [7, 11) is -3.79. The van der Waals surface area contributed by atoms with E-state index in [0.717, 1.165) is 5.56 Å². The zero-order valence-electron chi connectivity index (χ0n) is 11.8. The molecule has 0 aliphatic carbocycles. The molecule has 1 aromatic carbocycles. The van der Waals surface area contributed by atoms with Crippen molar-refractivity contribution in [3.8, 4) is 0 Å². The zero-order valence-corrected chi connectivity index (χ0v) is 12.6. The molecule has 6 nitrogen and oxygen atoms in total. The molecule has 0 aliphatic rings. The third-order valence-corrected chi connectivity index (χ3v) is 4.52. The lowest BCUT2D eigenvalue weighted by Crippen LogP contribution is -2.36. The van der Waals surface area contributed by atoms with Crippen LogP contribution in [-0.2, 0) is 21.2 Å². The van der Waals surface area contributed by atoms with Crippen molar-refractivity contribution in [2.75, 3.05) is 0 Å². The number of hydrogen-bond acceptors (Lipinski definition) is 4. The van der Waals surface area contributed by atoms with Gasteiger partial charge in [-0.1, -0.05) is 30.3 Å². The molecule has 2 rings (SSSR count). The van der Waals surface area contributed by atoms with Gasteiger partial charge in [0.15, 0.2) is 0 Å². The Kier molecular flexibility index (Phi) is 5.35. The predicted molar refractivity (Wildman–Crippen MR) is 79.8 cm³/mol. The second-order valence-electron chi connectivity index (χ2n) is 4.87. The number of carbonyl (C=O) groups is 1.